The molecule has 1 aliphatic rings. The van der Waals surface area contributed by atoms with Crippen LogP contribution in [0.2, 0.25) is 0 Å². The number of hydrogen-bond donors (Lipinski definition) is 0. The third-order valence-electron chi connectivity index (χ3n) is 5.27. The SMILES string of the molecule is Cc1ccccc1-n1nnnc1SCC(=O)N(Cc1ccccc1)[C@@H]1CCS(=O)(=O)C1. The summed E-state index contributed by atoms with van der Waals surface area (Å²) in [5.41, 5.74) is 2.84. The van der Waals surface area contributed by atoms with Crippen LogP contribution in [-0.4, -0.2) is 62.7 Å². The van der Waals surface area contributed by atoms with Crippen LogP contribution in [-0.2, 0) is 21.2 Å². The zero-order chi connectivity index (χ0) is 21.8. The third-order valence-corrected chi connectivity index (χ3v) is 7.93. The number of aryl methyl sites for hydroxylation is 1. The molecule has 2 heterocycles. The van der Waals surface area contributed by atoms with Gasteiger partial charge in [-0.1, -0.05) is 60.3 Å². The van der Waals surface area contributed by atoms with E-state index in [0.29, 0.717) is 18.1 Å². The van der Waals surface area contributed by atoms with Gasteiger partial charge in [-0.3, -0.25) is 4.79 Å². The summed E-state index contributed by atoms with van der Waals surface area (Å²) in [6.45, 7) is 2.35. The maximum absolute atomic E-state index is 13.2. The number of aromatic nitrogens is 4. The number of carbonyl (C=O) groups is 1. The molecule has 1 amide bonds. The molecule has 8 nitrogen and oxygen atoms in total. The van der Waals surface area contributed by atoms with Crippen LogP contribution in [0.1, 0.15) is 17.5 Å². The Balaban J connectivity index is 1.51. The van der Waals surface area contributed by atoms with E-state index in [2.05, 4.69) is 15.5 Å². The van der Waals surface area contributed by atoms with Crippen LogP contribution in [0.3, 0.4) is 0 Å². The molecule has 10 heteroatoms. The number of sulfone groups is 1. The maximum atomic E-state index is 13.2. The molecule has 0 saturated carbocycles. The molecule has 0 unspecified atom stereocenters. The van der Waals surface area contributed by atoms with Gasteiger partial charge in [0, 0.05) is 12.6 Å². The fraction of sp³-hybridized carbons (Fsp3) is 0.333. The van der Waals surface area contributed by atoms with Gasteiger partial charge in [0.1, 0.15) is 0 Å². The van der Waals surface area contributed by atoms with Gasteiger partial charge in [0.15, 0.2) is 9.84 Å². The predicted molar refractivity (Wildman–Crippen MR) is 119 cm³/mol. The minimum Gasteiger partial charge on any atom is -0.334 e. The summed E-state index contributed by atoms with van der Waals surface area (Å²) in [5.74, 6) is 0.122. The van der Waals surface area contributed by atoms with Crippen molar-refractivity contribution in [1.82, 2.24) is 25.1 Å². The number of nitrogens with zero attached hydrogens (tertiary/aromatic N) is 5. The number of tetrazole rings is 1. The van der Waals surface area contributed by atoms with Gasteiger partial charge >= 0.3 is 0 Å². The highest BCUT2D eigenvalue weighted by Gasteiger charge is 2.34. The molecular weight excluding hydrogens is 434 g/mol. The Labute approximate surface area is 185 Å². The number of thioether (sulfide) groups is 1. The Morgan fingerprint density at radius 2 is 1.90 bits per heavy atom. The lowest BCUT2D eigenvalue weighted by Gasteiger charge is -2.28. The highest BCUT2D eigenvalue weighted by atomic mass is 32.2. The number of rotatable bonds is 7. The summed E-state index contributed by atoms with van der Waals surface area (Å²) in [6.07, 6.45) is 0.465. The Bertz CT molecular complexity index is 1160. The number of hydrogen-bond acceptors (Lipinski definition) is 7. The average Bonchev–Trinajstić information content (AvgIpc) is 3.37. The van der Waals surface area contributed by atoms with Gasteiger partial charge in [-0.05, 0) is 41.0 Å². The van der Waals surface area contributed by atoms with Gasteiger partial charge in [0.05, 0.1) is 22.9 Å². The molecule has 1 aromatic heterocycles. The number of amides is 1. The minimum atomic E-state index is -3.11. The predicted octanol–water partition coefficient (Wildman–Crippen LogP) is 2.28. The lowest BCUT2D eigenvalue weighted by Crippen LogP contribution is -2.41. The van der Waals surface area contributed by atoms with Gasteiger partial charge in [-0.25, -0.2) is 8.42 Å². The van der Waals surface area contributed by atoms with Crippen molar-refractivity contribution in [3.05, 3.63) is 65.7 Å². The summed E-state index contributed by atoms with van der Waals surface area (Å²) < 4.78 is 25.7. The molecular formula is C21H23N5O3S2. The van der Waals surface area contributed by atoms with Crippen molar-refractivity contribution >= 4 is 27.5 Å². The zero-order valence-electron chi connectivity index (χ0n) is 17.1. The van der Waals surface area contributed by atoms with Gasteiger partial charge in [0.25, 0.3) is 0 Å². The summed E-state index contributed by atoms with van der Waals surface area (Å²) >= 11 is 1.25. The van der Waals surface area contributed by atoms with E-state index in [9.17, 15) is 13.2 Å². The van der Waals surface area contributed by atoms with Crippen LogP contribution in [0.5, 0.6) is 0 Å². The topological polar surface area (TPSA) is 98.1 Å². The lowest BCUT2D eigenvalue weighted by atomic mass is 10.1. The monoisotopic (exact) mass is 457 g/mol. The van der Waals surface area contributed by atoms with Crippen LogP contribution < -0.4 is 0 Å². The van der Waals surface area contributed by atoms with Gasteiger partial charge in [-0.15, -0.1) is 5.10 Å². The number of para-hydroxylation sites is 1. The summed E-state index contributed by atoms with van der Waals surface area (Å²) in [7, 11) is -3.11. The first-order valence-corrected chi connectivity index (χ1v) is 12.7. The summed E-state index contributed by atoms with van der Waals surface area (Å²) in [4.78, 5) is 14.9. The first-order chi connectivity index (χ1) is 14.9. The van der Waals surface area contributed by atoms with Crippen LogP contribution >= 0.6 is 11.8 Å². The van der Waals surface area contributed by atoms with Crippen molar-refractivity contribution in [2.75, 3.05) is 17.3 Å². The van der Waals surface area contributed by atoms with Crippen molar-refractivity contribution in [2.45, 2.75) is 31.1 Å². The van der Waals surface area contributed by atoms with E-state index < -0.39 is 9.84 Å². The van der Waals surface area contributed by atoms with Crippen molar-refractivity contribution < 1.29 is 13.2 Å². The normalized spacial score (nSPS) is 17.5. The van der Waals surface area contributed by atoms with Crippen LogP contribution in [0.15, 0.2) is 59.8 Å². The second kappa shape index (κ2) is 9.19. The minimum absolute atomic E-state index is 0.0111. The molecule has 0 aliphatic carbocycles. The maximum Gasteiger partial charge on any atom is 0.233 e. The molecule has 1 aliphatic heterocycles. The Morgan fingerprint density at radius 3 is 2.61 bits per heavy atom. The second-order valence-electron chi connectivity index (χ2n) is 7.51. The van der Waals surface area contributed by atoms with Crippen molar-refractivity contribution in [2.24, 2.45) is 0 Å². The van der Waals surface area contributed by atoms with E-state index in [-0.39, 0.29) is 29.2 Å². The molecule has 0 N–H and O–H groups in total. The quantitative estimate of drug-likeness (QED) is 0.502. The molecule has 0 bridgehead atoms. The third kappa shape index (κ3) is 5.13. The molecule has 0 radical (unpaired) electrons. The van der Waals surface area contributed by atoms with Crippen LogP contribution in [0, 0.1) is 6.92 Å². The number of benzene rings is 2. The van der Waals surface area contributed by atoms with E-state index in [1.807, 2.05) is 61.5 Å². The molecule has 4 rings (SSSR count). The molecule has 2 aromatic carbocycles. The number of carbonyl (C=O) groups excluding carboxylic acids is 1. The van der Waals surface area contributed by atoms with Crippen molar-refractivity contribution in [3.8, 4) is 5.69 Å². The highest BCUT2D eigenvalue weighted by molar-refractivity contribution is 7.99. The van der Waals surface area contributed by atoms with Crippen LogP contribution in [0.4, 0.5) is 0 Å². The summed E-state index contributed by atoms with van der Waals surface area (Å²) in [6, 6.07) is 17.0. The van der Waals surface area contributed by atoms with Crippen molar-refractivity contribution in [1.29, 1.82) is 0 Å². The van der Waals surface area contributed by atoms with E-state index in [0.717, 1.165) is 16.8 Å². The smallest absolute Gasteiger partial charge is 0.233 e. The highest BCUT2D eigenvalue weighted by Crippen LogP contribution is 2.24. The average molecular weight is 458 g/mol. The fourth-order valence-electron chi connectivity index (χ4n) is 3.65. The second-order valence-corrected chi connectivity index (χ2v) is 10.7. The molecule has 0 spiro atoms. The Hall–Kier alpha value is -2.72. The van der Waals surface area contributed by atoms with Gasteiger partial charge in [0.2, 0.25) is 11.1 Å². The zero-order valence-corrected chi connectivity index (χ0v) is 18.7. The molecule has 1 fully saturated rings. The van der Waals surface area contributed by atoms with Crippen LogP contribution in [0.25, 0.3) is 5.69 Å². The Morgan fingerprint density at radius 1 is 1.16 bits per heavy atom. The first kappa shape index (κ1) is 21.5. The van der Waals surface area contributed by atoms with E-state index in [1.54, 1.807) is 9.58 Å². The standard InChI is InChI=1S/C21H23N5O3S2/c1-16-7-5-6-10-19(16)26-21(22-23-24-26)30-14-20(27)25(13-17-8-3-2-4-9-17)18-11-12-31(28,29)15-18/h2-10,18H,11-15H2,1H3/t18-/m1/s1. The van der Waals surface area contributed by atoms with E-state index >= 15 is 0 Å². The molecule has 1 atom stereocenters. The van der Waals surface area contributed by atoms with Gasteiger partial charge < -0.3 is 4.90 Å². The van der Waals surface area contributed by atoms with Gasteiger partial charge in [-0.2, -0.15) is 4.68 Å². The molecule has 3 aromatic rings. The van der Waals surface area contributed by atoms with E-state index in [4.69, 9.17) is 0 Å². The first-order valence-electron chi connectivity index (χ1n) is 9.94. The molecule has 31 heavy (non-hydrogen) atoms. The van der Waals surface area contributed by atoms with E-state index in [1.165, 1.54) is 11.8 Å². The largest absolute Gasteiger partial charge is 0.334 e. The molecule has 162 valence electrons. The lowest BCUT2D eigenvalue weighted by molar-refractivity contribution is -0.130. The van der Waals surface area contributed by atoms with Crippen molar-refractivity contribution in [3.63, 3.8) is 0 Å². The fourth-order valence-corrected chi connectivity index (χ4v) is 6.15. The Kier molecular flexibility index (Phi) is 6.38. The molecule has 1 saturated heterocycles. The summed E-state index contributed by atoms with van der Waals surface area (Å²) in [5, 5.41) is 12.4.